The lowest BCUT2D eigenvalue weighted by atomic mass is 10.1. The third-order valence-corrected chi connectivity index (χ3v) is 7.98. The Morgan fingerprint density at radius 3 is 1.53 bits per heavy atom. The van der Waals surface area contributed by atoms with E-state index in [9.17, 15) is 0 Å². The molecule has 1 aliphatic carbocycles. The number of allylic oxidation sites excluding steroid dienone is 4. The molecule has 2 atom stereocenters. The average molecular weight is 515 g/mol. The van der Waals surface area contributed by atoms with Crippen molar-refractivity contribution in [2.75, 3.05) is 36.0 Å². The summed E-state index contributed by atoms with van der Waals surface area (Å²) in [5.41, 5.74) is 7.53. The molecule has 4 heteroatoms. The van der Waals surface area contributed by atoms with Crippen LogP contribution in [0.3, 0.4) is 0 Å². The lowest BCUT2D eigenvalue weighted by Crippen LogP contribution is -2.28. The topological polar surface area (TPSA) is 12.5 Å². The maximum atomic E-state index is 2.47. The second-order valence-electron chi connectivity index (χ2n) is 10.1. The molecular formula is C34H50N4+2. The maximum absolute atomic E-state index is 2.47. The van der Waals surface area contributed by atoms with E-state index in [2.05, 4.69) is 147 Å². The van der Waals surface area contributed by atoms with Crippen molar-refractivity contribution in [2.24, 2.45) is 0 Å². The van der Waals surface area contributed by atoms with E-state index < -0.39 is 0 Å². The normalized spacial score (nSPS) is 14.4. The van der Waals surface area contributed by atoms with Gasteiger partial charge in [-0.3, -0.25) is 0 Å². The molecule has 0 saturated carbocycles. The average Bonchev–Trinajstić information content (AvgIpc) is 2.96. The number of hydrogen-bond acceptors (Lipinski definition) is 2. The molecule has 4 nitrogen and oxygen atoms in total. The number of benzene rings is 2. The zero-order valence-electron chi connectivity index (χ0n) is 25.1. The Kier molecular flexibility index (Phi) is 10.9. The third kappa shape index (κ3) is 6.64. The van der Waals surface area contributed by atoms with Crippen LogP contribution in [0.25, 0.3) is 0 Å². The molecule has 2 unspecified atom stereocenters. The van der Waals surface area contributed by atoms with Crippen molar-refractivity contribution in [3.8, 4) is 0 Å². The van der Waals surface area contributed by atoms with E-state index in [1.165, 1.54) is 34.2 Å². The Balaban J connectivity index is 1.98. The molecule has 2 aromatic rings. The van der Waals surface area contributed by atoms with E-state index in [-0.39, 0.29) is 0 Å². The molecule has 0 radical (unpaired) electrons. The van der Waals surface area contributed by atoms with Crippen LogP contribution in [0.1, 0.15) is 68.2 Å². The predicted octanol–water partition coefficient (Wildman–Crippen LogP) is 7.97. The van der Waals surface area contributed by atoms with Gasteiger partial charge < -0.3 is 9.80 Å². The van der Waals surface area contributed by atoms with Crippen molar-refractivity contribution in [1.29, 1.82) is 0 Å². The molecule has 0 aromatic heterocycles. The molecule has 0 N–H and O–H groups in total. The molecule has 204 valence electrons. The molecular weight excluding hydrogens is 464 g/mol. The van der Waals surface area contributed by atoms with Crippen molar-refractivity contribution in [2.45, 2.75) is 80.3 Å². The zero-order chi connectivity index (χ0) is 27.7. The first kappa shape index (κ1) is 29.4. The predicted molar refractivity (Wildman–Crippen MR) is 168 cm³/mol. The summed E-state index contributed by atoms with van der Waals surface area (Å²) < 4.78 is 4.87. The minimum absolute atomic E-state index is 0.401. The van der Waals surface area contributed by atoms with Gasteiger partial charge in [0.05, 0.1) is 0 Å². The lowest BCUT2D eigenvalue weighted by molar-refractivity contribution is -0.519. The van der Waals surface area contributed by atoms with Gasteiger partial charge >= 0.3 is 0 Å². The maximum Gasteiger partial charge on any atom is 0.206 e. The Bertz CT molecular complexity index is 1120. The Morgan fingerprint density at radius 2 is 1.08 bits per heavy atom. The minimum Gasteiger partial charge on any atom is -0.372 e. The fraction of sp³-hybridized carbons (Fsp3) is 0.471. The fourth-order valence-electron chi connectivity index (χ4n) is 5.28. The molecule has 0 heterocycles. The third-order valence-electron chi connectivity index (χ3n) is 7.98. The summed E-state index contributed by atoms with van der Waals surface area (Å²) in [5.74, 6) is 0. The van der Waals surface area contributed by atoms with E-state index in [0.29, 0.717) is 12.1 Å². The second kappa shape index (κ2) is 14.1. The smallest absolute Gasteiger partial charge is 0.206 e. The number of nitrogens with zero attached hydrogens (tertiary/aromatic N) is 4. The SMILES string of the molecule is CCC(C)N(c1ccc(N(CC)CC)cc1)c1ccc([N+](=C2C=CC(=[N+](CC)CC)C=C2)C(C)CC)cc1. The molecule has 0 fully saturated rings. The van der Waals surface area contributed by atoms with Crippen LogP contribution in [-0.4, -0.2) is 58.8 Å². The highest BCUT2D eigenvalue weighted by Gasteiger charge is 2.24. The molecule has 0 spiro atoms. The summed E-state index contributed by atoms with van der Waals surface area (Å²) in [7, 11) is 0. The largest absolute Gasteiger partial charge is 0.372 e. The highest BCUT2D eigenvalue weighted by molar-refractivity contribution is 6.15. The van der Waals surface area contributed by atoms with E-state index >= 15 is 0 Å². The van der Waals surface area contributed by atoms with Crippen LogP contribution in [0.4, 0.5) is 22.7 Å². The van der Waals surface area contributed by atoms with Gasteiger partial charge in [0.15, 0.2) is 11.8 Å². The van der Waals surface area contributed by atoms with Gasteiger partial charge in [-0.2, -0.15) is 4.58 Å². The Labute approximate surface area is 232 Å². The van der Waals surface area contributed by atoms with Gasteiger partial charge in [0.2, 0.25) is 11.4 Å². The van der Waals surface area contributed by atoms with Crippen molar-refractivity contribution in [3.63, 3.8) is 0 Å². The summed E-state index contributed by atoms with van der Waals surface area (Å²) in [5, 5.41) is 0. The Hall–Kier alpha value is -3.14. The summed E-state index contributed by atoms with van der Waals surface area (Å²) in [6.45, 7) is 22.1. The summed E-state index contributed by atoms with van der Waals surface area (Å²) >= 11 is 0. The number of anilines is 3. The number of rotatable bonds is 12. The molecule has 0 aliphatic heterocycles. The van der Waals surface area contributed by atoms with E-state index in [1.54, 1.807) is 0 Å². The lowest BCUT2D eigenvalue weighted by Gasteiger charge is -2.31. The standard InChI is InChI=1S/C34H50N4/c1-9-27(7)37(31-19-15-29(16-20-31)35(11-3)12-4)33-23-25-34(26-24-33)38(28(8)10-2)32-21-17-30(18-22-32)36(13-5)14-6/h15-28H,9-14H2,1-8H3/q+2. The summed E-state index contributed by atoms with van der Waals surface area (Å²) in [6.07, 6.45) is 11.2. The van der Waals surface area contributed by atoms with Crippen molar-refractivity contribution < 1.29 is 9.15 Å². The van der Waals surface area contributed by atoms with Gasteiger partial charge in [0.25, 0.3) is 0 Å². The summed E-state index contributed by atoms with van der Waals surface area (Å²) in [6, 6.07) is 19.0. The van der Waals surface area contributed by atoms with Gasteiger partial charge in [-0.05, 0) is 84.4 Å². The van der Waals surface area contributed by atoms with Crippen LogP contribution < -0.4 is 9.80 Å². The highest BCUT2D eigenvalue weighted by Crippen LogP contribution is 2.32. The first-order valence-corrected chi connectivity index (χ1v) is 14.8. The first-order valence-electron chi connectivity index (χ1n) is 14.8. The van der Waals surface area contributed by atoms with Gasteiger partial charge in [0, 0.05) is 79.1 Å². The number of hydrogen-bond donors (Lipinski definition) is 0. The van der Waals surface area contributed by atoms with Crippen LogP contribution in [0.2, 0.25) is 0 Å². The Morgan fingerprint density at radius 1 is 0.605 bits per heavy atom. The van der Waals surface area contributed by atoms with Gasteiger partial charge in [-0.1, -0.05) is 13.8 Å². The summed E-state index contributed by atoms with van der Waals surface area (Å²) in [4.78, 5) is 4.87. The van der Waals surface area contributed by atoms with E-state index in [4.69, 9.17) is 0 Å². The first-order chi connectivity index (χ1) is 18.4. The quantitative estimate of drug-likeness (QED) is 0.210. The van der Waals surface area contributed by atoms with Crippen LogP contribution in [0.5, 0.6) is 0 Å². The fourth-order valence-corrected chi connectivity index (χ4v) is 5.28. The molecule has 3 rings (SSSR count). The molecule has 0 amide bonds. The second-order valence-corrected chi connectivity index (χ2v) is 10.1. The van der Waals surface area contributed by atoms with Crippen molar-refractivity contribution in [3.05, 3.63) is 72.8 Å². The monoisotopic (exact) mass is 514 g/mol. The molecule has 1 aliphatic rings. The minimum atomic E-state index is 0.401. The van der Waals surface area contributed by atoms with E-state index in [0.717, 1.165) is 39.0 Å². The van der Waals surface area contributed by atoms with Crippen LogP contribution in [-0.2, 0) is 0 Å². The van der Waals surface area contributed by atoms with Gasteiger partial charge in [-0.25, -0.2) is 4.58 Å². The van der Waals surface area contributed by atoms with Crippen molar-refractivity contribution in [1.82, 2.24) is 0 Å². The van der Waals surface area contributed by atoms with Crippen LogP contribution in [0.15, 0.2) is 72.8 Å². The van der Waals surface area contributed by atoms with Crippen LogP contribution >= 0.6 is 0 Å². The highest BCUT2D eigenvalue weighted by atomic mass is 15.2. The van der Waals surface area contributed by atoms with E-state index in [1.807, 2.05) is 0 Å². The van der Waals surface area contributed by atoms with Gasteiger partial charge in [-0.15, -0.1) is 0 Å². The zero-order valence-corrected chi connectivity index (χ0v) is 25.1. The van der Waals surface area contributed by atoms with Crippen LogP contribution in [0, 0.1) is 0 Å². The molecule has 2 aromatic carbocycles. The molecule has 0 bridgehead atoms. The molecule has 0 saturated heterocycles. The van der Waals surface area contributed by atoms with Gasteiger partial charge in [0.1, 0.15) is 13.1 Å². The molecule has 38 heavy (non-hydrogen) atoms. The van der Waals surface area contributed by atoms with Crippen molar-refractivity contribution >= 4 is 34.2 Å².